The molecule has 25 heteroatoms. The second-order valence-corrected chi connectivity index (χ2v) is 21.0. The van der Waals surface area contributed by atoms with Gasteiger partial charge < -0.3 is 62.7 Å². The van der Waals surface area contributed by atoms with Crippen LogP contribution in [0.5, 0.6) is 69.0 Å². The zero-order valence-electron chi connectivity index (χ0n) is 50.1. The number of ether oxygens (including phenoxy) is 11. The lowest BCUT2D eigenvalue weighted by Crippen LogP contribution is -2.38. The molecule has 0 atom stereocenters. The fourth-order valence-corrected chi connectivity index (χ4v) is 10.2. The Morgan fingerprint density at radius 2 is 0.957 bits per heavy atom. The molecule has 1 saturated heterocycles. The predicted molar refractivity (Wildman–Crippen MR) is 332 cm³/mol. The Morgan fingerprint density at radius 3 is 1.37 bits per heavy atom. The minimum atomic E-state index is -0.821. The molecule has 3 aliphatic rings. The molecule has 0 saturated carbocycles. The topological polar surface area (TPSA) is 230 Å². The summed E-state index contributed by atoms with van der Waals surface area (Å²) in [6, 6.07) is 27.7. The van der Waals surface area contributed by atoms with Crippen LogP contribution in [0.15, 0.2) is 156 Å². The highest BCUT2D eigenvalue weighted by atomic mass is 19.1. The van der Waals surface area contributed by atoms with Gasteiger partial charge >= 0.3 is 0 Å². The number of pyridine rings is 4. The van der Waals surface area contributed by atoms with Gasteiger partial charge in [-0.2, -0.15) is 0 Å². The fraction of sp³-hybridized carbons (Fsp3) is 0.206. The number of hydrogen-bond donors (Lipinski definition) is 2. The summed E-state index contributed by atoms with van der Waals surface area (Å²) in [6.45, 7) is 9.76. The third-order valence-corrected chi connectivity index (χ3v) is 14.3. The number of benzene rings is 6. The van der Waals surface area contributed by atoms with Gasteiger partial charge in [-0.25, -0.2) is 17.6 Å². The smallest absolute Gasteiger partial charge is 0.271 e. The third-order valence-electron chi connectivity index (χ3n) is 14.3. The highest BCUT2D eigenvalue weighted by molar-refractivity contribution is 6.07. The predicted octanol–water partition coefficient (Wildman–Crippen LogP) is 12.3. The van der Waals surface area contributed by atoms with Crippen molar-refractivity contribution in [2.75, 3.05) is 63.5 Å². The van der Waals surface area contributed by atoms with Crippen LogP contribution >= 0.6 is 0 Å². The van der Waals surface area contributed by atoms with Crippen molar-refractivity contribution < 1.29 is 79.3 Å². The monoisotopic (exact) mass is 1270 g/mol. The van der Waals surface area contributed by atoms with Crippen molar-refractivity contribution in [3.8, 4) is 80.4 Å². The van der Waals surface area contributed by atoms with E-state index in [9.17, 15) is 28.0 Å². The van der Waals surface area contributed by atoms with E-state index in [-0.39, 0.29) is 89.0 Å². The summed E-state index contributed by atoms with van der Waals surface area (Å²) in [5.41, 5.74) is -0.181. The number of anilines is 2. The van der Waals surface area contributed by atoms with Crippen molar-refractivity contribution in [2.24, 2.45) is 0 Å². The lowest BCUT2D eigenvalue weighted by molar-refractivity contribution is -0.0807. The number of carbonyl (C=O) groups excluding carboxylic acids is 2. The third kappa shape index (κ3) is 13.2. The Labute approximate surface area is 526 Å². The summed E-state index contributed by atoms with van der Waals surface area (Å²) >= 11 is 0. The van der Waals surface area contributed by atoms with E-state index in [1.54, 1.807) is 38.1 Å². The summed E-state index contributed by atoms with van der Waals surface area (Å²) in [5.74, 6) is -1.30. The van der Waals surface area contributed by atoms with Gasteiger partial charge in [-0.15, -0.1) is 0 Å². The summed E-state index contributed by atoms with van der Waals surface area (Å²) < 4.78 is 124. The number of halogens is 4. The maximum atomic E-state index is 15.5. The number of rotatable bonds is 18. The molecule has 3 aliphatic heterocycles. The van der Waals surface area contributed by atoms with Crippen molar-refractivity contribution in [3.05, 3.63) is 201 Å². The van der Waals surface area contributed by atoms with Gasteiger partial charge in [-0.3, -0.25) is 38.3 Å². The average Bonchev–Trinajstić information content (AvgIpc) is 0.788. The van der Waals surface area contributed by atoms with Crippen LogP contribution in [0.3, 0.4) is 0 Å². The second-order valence-electron chi connectivity index (χ2n) is 21.0. The Kier molecular flexibility index (Phi) is 18.0. The van der Waals surface area contributed by atoms with E-state index in [1.165, 1.54) is 119 Å². The first-order valence-corrected chi connectivity index (χ1v) is 29.3. The van der Waals surface area contributed by atoms with Gasteiger partial charge in [0, 0.05) is 71.8 Å². The molecule has 2 N–H and O–H groups in total. The highest BCUT2D eigenvalue weighted by Gasteiger charge is 2.31. The van der Waals surface area contributed by atoms with Crippen LogP contribution in [-0.2, 0) is 4.74 Å². The van der Waals surface area contributed by atoms with Crippen LogP contribution < -0.4 is 69.1 Å². The van der Waals surface area contributed by atoms with Crippen molar-refractivity contribution in [1.82, 2.24) is 19.1 Å². The first kappa shape index (κ1) is 61.9. The number of carbonyl (C=O) groups is 2. The SMILES string of the molecule is CCOc1ccn(-c2ccc(F)cc2)c(=O)c1C(=O)Nc1ccc(Oc2ccnc3cc(OC(C)C)c4c(c23)OCCO4)c(F)c1.CCOc1ccn(-c2ccc(F)cc2)c(=O)c1C(=O)Nc1ccc(Oc2ccnc3cc(OC4COC4)c4c(c23)OCCO4)c(F)c1. The van der Waals surface area contributed by atoms with Gasteiger partial charge in [0.25, 0.3) is 22.9 Å². The van der Waals surface area contributed by atoms with Gasteiger partial charge in [0.15, 0.2) is 46.1 Å². The van der Waals surface area contributed by atoms with Crippen LogP contribution in [0, 0.1) is 23.3 Å². The molecule has 4 aromatic heterocycles. The van der Waals surface area contributed by atoms with Gasteiger partial charge in [-0.1, -0.05) is 0 Å². The zero-order valence-corrected chi connectivity index (χ0v) is 50.1. The van der Waals surface area contributed by atoms with Crippen LogP contribution in [-0.4, -0.2) is 96.0 Å². The minimum Gasteiger partial charge on any atom is -0.493 e. The molecular weight excluding hydrogens is 1220 g/mol. The van der Waals surface area contributed by atoms with Crippen molar-refractivity contribution in [1.29, 1.82) is 0 Å². The molecule has 0 aliphatic carbocycles. The fourth-order valence-electron chi connectivity index (χ4n) is 10.2. The molecule has 476 valence electrons. The van der Waals surface area contributed by atoms with E-state index in [1.807, 2.05) is 13.8 Å². The van der Waals surface area contributed by atoms with Crippen LogP contribution in [0.1, 0.15) is 48.4 Å². The molecule has 21 nitrogen and oxygen atoms in total. The van der Waals surface area contributed by atoms with E-state index < -0.39 is 46.2 Å². The normalized spacial score (nSPS) is 13.1. The van der Waals surface area contributed by atoms with Crippen LogP contribution in [0.2, 0.25) is 0 Å². The Bertz CT molecular complexity index is 4620. The molecular formula is C68H56F4N6O15. The number of hydrogen-bond acceptors (Lipinski definition) is 17. The first-order chi connectivity index (χ1) is 45.1. The number of amides is 2. The number of aromatic nitrogens is 4. The van der Waals surface area contributed by atoms with Crippen LogP contribution in [0.4, 0.5) is 28.9 Å². The quantitative estimate of drug-likeness (QED) is 0.0761. The Hall–Kier alpha value is -11.3. The molecule has 0 unspecified atom stereocenters. The van der Waals surface area contributed by atoms with Crippen molar-refractivity contribution in [3.63, 3.8) is 0 Å². The molecule has 93 heavy (non-hydrogen) atoms. The summed E-state index contributed by atoms with van der Waals surface area (Å²) in [5, 5.41) is 6.08. The van der Waals surface area contributed by atoms with E-state index in [0.29, 0.717) is 101 Å². The average molecular weight is 1270 g/mol. The Morgan fingerprint density at radius 1 is 0.527 bits per heavy atom. The van der Waals surface area contributed by atoms with E-state index in [2.05, 4.69) is 20.6 Å². The molecule has 6 aromatic carbocycles. The molecule has 7 heterocycles. The van der Waals surface area contributed by atoms with E-state index in [0.717, 1.165) is 12.1 Å². The number of nitrogens with zero attached hydrogens (tertiary/aromatic N) is 4. The highest BCUT2D eigenvalue weighted by Crippen LogP contribution is 2.51. The maximum absolute atomic E-state index is 15.5. The Balaban J connectivity index is 0.000000179. The largest absolute Gasteiger partial charge is 0.493 e. The van der Waals surface area contributed by atoms with Crippen molar-refractivity contribution in [2.45, 2.75) is 39.9 Å². The number of fused-ring (bicyclic) bond motifs is 6. The minimum absolute atomic E-state index is 0.0439. The second kappa shape index (κ2) is 27.0. The lowest BCUT2D eigenvalue weighted by Gasteiger charge is -2.29. The molecule has 0 bridgehead atoms. The summed E-state index contributed by atoms with van der Waals surface area (Å²) in [4.78, 5) is 62.4. The van der Waals surface area contributed by atoms with E-state index >= 15 is 8.78 Å². The molecule has 0 spiro atoms. The summed E-state index contributed by atoms with van der Waals surface area (Å²) in [7, 11) is 0. The standard InChI is InChI=1S/C34H27F2N3O8.C34H29F2N3O7/c1-2-43-26-10-12-39(21-6-3-19(35)4-7-21)34(41)30(26)33(40)38-20-5-8-25(23(36)15-20)47-27-9-11-37-24-16-28(46-22-17-42-18-22)31-32(29(24)27)45-14-13-44-31;1-4-42-26-12-14-39(22-8-5-20(35)6-9-22)34(41)30(26)33(40)38-21-7-10-25(23(36)17-21)46-27-11-13-37-24-18-28(45-19(2)3)31-32(29(24)27)44-16-15-43-31/h3-12,15-16,22H,2,13-14,17-18H2,1H3,(H,38,40);5-14,17-19H,4,15-16H2,1-3H3,(H,38,40). The molecule has 2 amide bonds. The first-order valence-electron chi connectivity index (χ1n) is 29.3. The van der Waals surface area contributed by atoms with Crippen molar-refractivity contribution >= 4 is 45.0 Å². The maximum Gasteiger partial charge on any atom is 0.271 e. The summed E-state index contributed by atoms with van der Waals surface area (Å²) in [6.07, 6.45) is 5.66. The molecule has 1 fully saturated rings. The lowest BCUT2D eigenvalue weighted by atomic mass is 10.1. The molecule has 0 radical (unpaired) electrons. The van der Waals surface area contributed by atoms with Gasteiger partial charge in [0.05, 0.1) is 54.3 Å². The zero-order chi connectivity index (χ0) is 64.9. The van der Waals surface area contributed by atoms with Gasteiger partial charge in [0.1, 0.15) is 78.3 Å². The van der Waals surface area contributed by atoms with Gasteiger partial charge in [0.2, 0.25) is 11.5 Å². The number of nitrogens with one attached hydrogen (secondary N) is 2. The molecule has 10 aromatic rings. The molecule has 13 rings (SSSR count). The van der Waals surface area contributed by atoms with Gasteiger partial charge in [-0.05, 0) is 125 Å². The van der Waals surface area contributed by atoms with E-state index in [4.69, 9.17) is 52.1 Å². The van der Waals surface area contributed by atoms with Crippen LogP contribution in [0.25, 0.3) is 33.2 Å².